The molecule has 3 nitrogen and oxygen atoms in total. The van der Waals surface area contributed by atoms with Gasteiger partial charge in [-0.25, -0.2) is 4.57 Å². The Morgan fingerprint density at radius 1 is 1.08 bits per heavy atom. The van der Waals surface area contributed by atoms with Crippen molar-refractivity contribution in [3.05, 3.63) is 59.9 Å². The maximum atomic E-state index is 8.92. The Labute approximate surface area is 153 Å². The standard InChI is InChI=1S/C19H24N2OS2/c1-2-21(14-16-24-23)19-7-5-17(6-8-19)3-4-18-9-11-20(12-10-18)13-15-22/h3-12,22H,2,13-16H2,1H3/p+1. The SMILES string of the molecule is CCN(CCSS)c1ccc(/C=C/c2cc[n+](CCO)cc2)cc1. The molecule has 0 saturated heterocycles. The summed E-state index contributed by atoms with van der Waals surface area (Å²) in [7, 11) is 1.58. The van der Waals surface area contributed by atoms with Crippen LogP contribution in [0.15, 0.2) is 48.8 Å². The molecule has 128 valence electrons. The smallest absolute Gasteiger partial charge is 0.171 e. The molecule has 0 amide bonds. The van der Waals surface area contributed by atoms with Gasteiger partial charge in [0.15, 0.2) is 18.9 Å². The number of nitrogens with zero attached hydrogens (tertiary/aromatic N) is 2. The summed E-state index contributed by atoms with van der Waals surface area (Å²) in [4.78, 5) is 2.35. The minimum Gasteiger partial charge on any atom is -0.390 e. The van der Waals surface area contributed by atoms with Gasteiger partial charge in [-0.15, -0.1) is 11.7 Å². The van der Waals surface area contributed by atoms with Gasteiger partial charge in [0.25, 0.3) is 0 Å². The Morgan fingerprint density at radius 3 is 2.25 bits per heavy atom. The quantitative estimate of drug-likeness (QED) is 0.406. The summed E-state index contributed by atoms with van der Waals surface area (Å²) in [5.74, 6) is 1.02. The Morgan fingerprint density at radius 2 is 1.71 bits per heavy atom. The van der Waals surface area contributed by atoms with Gasteiger partial charge in [-0.05, 0) is 30.2 Å². The molecule has 1 aromatic heterocycles. The van der Waals surface area contributed by atoms with Crippen LogP contribution in [0.25, 0.3) is 12.2 Å². The van der Waals surface area contributed by atoms with Crippen LogP contribution >= 0.6 is 22.5 Å². The van der Waals surface area contributed by atoms with Crippen LogP contribution in [0.5, 0.6) is 0 Å². The van der Waals surface area contributed by atoms with Gasteiger partial charge in [-0.2, -0.15) is 0 Å². The highest BCUT2D eigenvalue weighted by atomic mass is 33.1. The third-order valence-corrected chi connectivity index (χ3v) is 4.75. The molecule has 24 heavy (non-hydrogen) atoms. The highest BCUT2D eigenvalue weighted by molar-refractivity contribution is 8.68. The molecule has 0 bridgehead atoms. The lowest BCUT2D eigenvalue weighted by atomic mass is 10.1. The summed E-state index contributed by atoms with van der Waals surface area (Å²) in [5.41, 5.74) is 3.58. The van der Waals surface area contributed by atoms with Crippen LogP contribution in [0, 0.1) is 0 Å². The van der Waals surface area contributed by atoms with Crippen molar-refractivity contribution in [1.29, 1.82) is 0 Å². The molecule has 0 aliphatic heterocycles. The van der Waals surface area contributed by atoms with E-state index in [1.54, 1.807) is 10.8 Å². The Kier molecular flexibility index (Phi) is 8.22. The Hall–Kier alpha value is -1.43. The number of pyridine rings is 1. The van der Waals surface area contributed by atoms with Crippen molar-refractivity contribution in [3.63, 3.8) is 0 Å². The first-order chi connectivity index (χ1) is 11.8. The second-order valence-electron chi connectivity index (χ2n) is 5.43. The second kappa shape index (κ2) is 10.4. The van der Waals surface area contributed by atoms with Gasteiger partial charge < -0.3 is 10.0 Å². The average molecular weight is 362 g/mol. The molecule has 1 aromatic carbocycles. The monoisotopic (exact) mass is 361 g/mol. The van der Waals surface area contributed by atoms with Crippen molar-refractivity contribution in [2.75, 3.05) is 30.3 Å². The van der Waals surface area contributed by atoms with Crippen LogP contribution in [0.2, 0.25) is 0 Å². The number of hydrogen-bond donors (Lipinski definition) is 2. The number of aliphatic hydroxyl groups is 1. The number of anilines is 1. The predicted octanol–water partition coefficient (Wildman–Crippen LogP) is 3.54. The number of hydrogen-bond acceptors (Lipinski definition) is 4. The van der Waals surface area contributed by atoms with E-state index in [9.17, 15) is 0 Å². The summed E-state index contributed by atoms with van der Waals surface area (Å²) in [6.07, 6.45) is 8.19. The molecule has 0 fully saturated rings. The zero-order valence-corrected chi connectivity index (χ0v) is 15.7. The largest absolute Gasteiger partial charge is 0.390 e. The number of rotatable bonds is 9. The highest BCUT2D eigenvalue weighted by Crippen LogP contribution is 2.18. The van der Waals surface area contributed by atoms with E-state index >= 15 is 0 Å². The minimum atomic E-state index is 0.160. The fourth-order valence-electron chi connectivity index (χ4n) is 2.45. The van der Waals surface area contributed by atoms with Crippen LogP contribution in [-0.2, 0) is 6.54 Å². The third-order valence-electron chi connectivity index (χ3n) is 3.84. The molecule has 0 aliphatic carbocycles. The van der Waals surface area contributed by atoms with Crippen molar-refractivity contribution in [2.45, 2.75) is 13.5 Å². The fourth-order valence-corrected chi connectivity index (χ4v) is 3.00. The first-order valence-electron chi connectivity index (χ1n) is 8.16. The molecule has 1 heterocycles. The molecular weight excluding hydrogens is 336 g/mol. The minimum absolute atomic E-state index is 0.160. The van der Waals surface area contributed by atoms with Gasteiger partial charge in [-0.1, -0.05) is 35.1 Å². The maximum absolute atomic E-state index is 8.92. The number of thiol groups is 1. The van der Waals surface area contributed by atoms with Crippen LogP contribution in [0.3, 0.4) is 0 Å². The van der Waals surface area contributed by atoms with Crippen molar-refractivity contribution >= 4 is 40.3 Å². The third kappa shape index (κ3) is 5.89. The predicted molar refractivity (Wildman–Crippen MR) is 108 cm³/mol. The maximum Gasteiger partial charge on any atom is 0.171 e. The van der Waals surface area contributed by atoms with Gasteiger partial charge >= 0.3 is 0 Å². The molecular formula is C19H25N2OS2+. The second-order valence-corrected chi connectivity index (χ2v) is 6.87. The van der Waals surface area contributed by atoms with E-state index in [0.717, 1.165) is 24.4 Å². The molecule has 0 spiro atoms. The van der Waals surface area contributed by atoms with E-state index in [2.05, 4.69) is 72.0 Å². The zero-order chi connectivity index (χ0) is 17.2. The van der Waals surface area contributed by atoms with Crippen LogP contribution in [0.1, 0.15) is 18.1 Å². The molecule has 0 atom stereocenters. The van der Waals surface area contributed by atoms with Crippen LogP contribution < -0.4 is 9.47 Å². The topological polar surface area (TPSA) is 27.4 Å². The summed E-state index contributed by atoms with van der Waals surface area (Å²) in [6.45, 7) is 4.98. The molecule has 0 saturated carbocycles. The lowest BCUT2D eigenvalue weighted by Gasteiger charge is -2.22. The van der Waals surface area contributed by atoms with Crippen molar-refractivity contribution in [1.82, 2.24) is 0 Å². The number of aromatic nitrogens is 1. The van der Waals surface area contributed by atoms with Gasteiger partial charge in [0, 0.05) is 36.7 Å². The van der Waals surface area contributed by atoms with Crippen molar-refractivity contribution in [3.8, 4) is 0 Å². The van der Waals surface area contributed by atoms with Crippen molar-refractivity contribution < 1.29 is 9.67 Å². The lowest BCUT2D eigenvalue weighted by Crippen LogP contribution is -2.34. The normalized spacial score (nSPS) is 11.1. The molecule has 2 aromatic rings. The molecule has 0 radical (unpaired) electrons. The van der Waals surface area contributed by atoms with E-state index in [0.29, 0.717) is 6.54 Å². The number of aliphatic hydroxyl groups excluding tert-OH is 1. The lowest BCUT2D eigenvalue weighted by molar-refractivity contribution is -0.698. The van der Waals surface area contributed by atoms with Gasteiger partial charge in [0.2, 0.25) is 0 Å². The van der Waals surface area contributed by atoms with Gasteiger partial charge in [-0.3, -0.25) is 0 Å². The zero-order valence-electron chi connectivity index (χ0n) is 14.0. The van der Waals surface area contributed by atoms with Crippen LogP contribution in [-0.4, -0.2) is 30.6 Å². The van der Waals surface area contributed by atoms with E-state index in [4.69, 9.17) is 5.11 Å². The van der Waals surface area contributed by atoms with E-state index < -0.39 is 0 Å². The van der Waals surface area contributed by atoms with E-state index in [1.807, 2.05) is 17.0 Å². The summed E-state index contributed by atoms with van der Waals surface area (Å²) in [5, 5.41) is 8.92. The van der Waals surface area contributed by atoms with Gasteiger partial charge in [0.1, 0.15) is 6.61 Å². The Balaban J connectivity index is 1.99. The summed E-state index contributed by atoms with van der Waals surface area (Å²) < 4.78 is 1.97. The Bertz CT molecular complexity index is 627. The van der Waals surface area contributed by atoms with Crippen LogP contribution in [0.4, 0.5) is 5.69 Å². The molecule has 5 heteroatoms. The first kappa shape index (κ1) is 18.9. The molecule has 2 rings (SSSR count). The average Bonchev–Trinajstić information content (AvgIpc) is 2.63. The van der Waals surface area contributed by atoms with E-state index in [-0.39, 0.29) is 6.61 Å². The molecule has 1 N–H and O–H groups in total. The highest BCUT2D eigenvalue weighted by Gasteiger charge is 2.03. The number of benzene rings is 1. The summed E-state index contributed by atoms with van der Waals surface area (Å²) >= 11 is 4.21. The van der Waals surface area contributed by atoms with E-state index in [1.165, 1.54) is 11.3 Å². The molecule has 0 aliphatic rings. The fraction of sp³-hybridized carbons (Fsp3) is 0.316. The first-order valence-corrected chi connectivity index (χ1v) is 10.2. The van der Waals surface area contributed by atoms with Gasteiger partial charge in [0.05, 0.1) is 0 Å². The summed E-state index contributed by atoms with van der Waals surface area (Å²) in [6, 6.07) is 12.7. The molecule has 0 unspecified atom stereocenters. The van der Waals surface area contributed by atoms with Crippen molar-refractivity contribution in [2.24, 2.45) is 0 Å².